The number of rotatable bonds is 4. The van der Waals surface area contributed by atoms with Crippen LogP contribution in [-0.4, -0.2) is 42.4 Å². The normalized spacial score (nSPS) is 17.0. The Balaban J connectivity index is 1.93. The van der Waals surface area contributed by atoms with Crippen LogP contribution in [-0.2, 0) is 4.79 Å². The maximum atomic E-state index is 13.7. The third-order valence-electron chi connectivity index (χ3n) is 4.06. The fraction of sp³-hybridized carbons (Fsp3) is 0.500. The molecule has 1 aromatic carbocycles. The number of piperidine rings is 1. The van der Waals surface area contributed by atoms with Gasteiger partial charge in [0.1, 0.15) is 11.6 Å². The largest absolute Gasteiger partial charge is 0.352 e. The lowest BCUT2D eigenvalue weighted by molar-refractivity contribution is -0.126. The van der Waals surface area contributed by atoms with E-state index in [4.69, 9.17) is 5.73 Å². The van der Waals surface area contributed by atoms with Gasteiger partial charge in [-0.2, -0.15) is 0 Å². The molecule has 1 fully saturated rings. The first-order chi connectivity index (χ1) is 10.9. The lowest BCUT2D eigenvalue weighted by atomic mass is 9.95. The number of likely N-dealkylation sites (tertiary alicyclic amines) is 1. The van der Waals surface area contributed by atoms with Crippen LogP contribution in [0.15, 0.2) is 18.2 Å². The lowest BCUT2D eigenvalue weighted by Crippen LogP contribution is -2.46. The van der Waals surface area contributed by atoms with Gasteiger partial charge in [-0.05, 0) is 31.9 Å². The van der Waals surface area contributed by atoms with Crippen molar-refractivity contribution in [2.45, 2.75) is 25.8 Å². The van der Waals surface area contributed by atoms with E-state index in [0.717, 1.165) is 12.1 Å². The fourth-order valence-corrected chi connectivity index (χ4v) is 2.60. The molecular formula is C16H21F2N3O2. The zero-order valence-corrected chi connectivity index (χ0v) is 13.0. The fourth-order valence-electron chi connectivity index (χ4n) is 2.60. The molecule has 0 aromatic heterocycles. The van der Waals surface area contributed by atoms with E-state index in [1.54, 1.807) is 0 Å². The van der Waals surface area contributed by atoms with E-state index in [2.05, 4.69) is 5.32 Å². The van der Waals surface area contributed by atoms with Gasteiger partial charge in [-0.15, -0.1) is 0 Å². The van der Waals surface area contributed by atoms with Crippen molar-refractivity contribution in [3.63, 3.8) is 0 Å². The van der Waals surface area contributed by atoms with E-state index in [1.807, 2.05) is 6.92 Å². The highest BCUT2D eigenvalue weighted by molar-refractivity contribution is 5.94. The SMILES string of the molecule is C[C@@H](CN)NC(=O)C1CCN(C(=O)c2ccc(F)cc2F)CC1. The zero-order valence-electron chi connectivity index (χ0n) is 13.0. The van der Waals surface area contributed by atoms with Crippen LogP contribution in [0.25, 0.3) is 0 Å². The number of nitrogens with two attached hydrogens (primary N) is 1. The molecule has 1 heterocycles. The number of carbonyl (C=O) groups is 2. The van der Waals surface area contributed by atoms with E-state index < -0.39 is 17.5 Å². The second-order valence-corrected chi connectivity index (χ2v) is 5.84. The van der Waals surface area contributed by atoms with E-state index in [0.29, 0.717) is 38.5 Å². The Morgan fingerprint density at radius 2 is 2.00 bits per heavy atom. The Kier molecular flexibility index (Phi) is 5.65. The van der Waals surface area contributed by atoms with E-state index in [9.17, 15) is 18.4 Å². The first-order valence-corrected chi connectivity index (χ1v) is 7.67. The molecule has 1 aliphatic rings. The first-order valence-electron chi connectivity index (χ1n) is 7.67. The van der Waals surface area contributed by atoms with Crippen LogP contribution in [0.5, 0.6) is 0 Å². The minimum Gasteiger partial charge on any atom is -0.352 e. The summed E-state index contributed by atoms with van der Waals surface area (Å²) in [4.78, 5) is 25.8. The molecule has 23 heavy (non-hydrogen) atoms. The monoisotopic (exact) mass is 325 g/mol. The molecule has 0 radical (unpaired) electrons. The summed E-state index contributed by atoms with van der Waals surface area (Å²) in [5.74, 6) is -2.30. The van der Waals surface area contributed by atoms with Crippen molar-refractivity contribution in [1.29, 1.82) is 0 Å². The van der Waals surface area contributed by atoms with Gasteiger partial charge >= 0.3 is 0 Å². The summed E-state index contributed by atoms with van der Waals surface area (Å²) >= 11 is 0. The average molecular weight is 325 g/mol. The molecule has 0 aliphatic carbocycles. The summed E-state index contributed by atoms with van der Waals surface area (Å²) in [5, 5.41) is 2.82. The molecule has 5 nitrogen and oxygen atoms in total. The summed E-state index contributed by atoms with van der Waals surface area (Å²) in [6.45, 7) is 2.93. The molecule has 1 atom stereocenters. The van der Waals surface area contributed by atoms with E-state index >= 15 is 0 Å². The predicted molar refractivity (Wildman–Crippen MR) is 81.6 cm³/mol. The maximum absolute atomic E-state index is 13.7. The number of halogens is 2. The van der Waals surface area contributed by atoms with Crippen LogP contribution in [0.2, 0.25) is 0 Å². The Morgan fingerprint density at radius 1 is 1.35 bits per heavy atom. The van der Waals surface area contributed by atoms with Gasteiger partial charge in [-0.25, -0.2) is 8.78 Å². The standard InChI is InChI=1S/C16H21F2N3O2/c1-10(9-19)20-15(22)11-4-6-21(7-5-11)16(23)13-3-2-12(17)8-14(13)18/h2-3,8,10-11H,4-7,9,19H2,1H3,(H,20,22)/t10-/m0/s1. The van der Waals surface area contributed by atoms with E-state index in [-0.39, 0.29) is 23.4 Å². The zero-order chi connectivity index (χ0) is 17.0. The second-order valence-electron chi connectivity index (χ2n) is 5.84. The quantitative estimate of drug-likeness (QED) is 0.876. The molecule has 0 bridgehead atoms. The van der Waals surface area contributed by atoms with Crippen molar-refractivity contribution in [3.8, 4) is 0 Å². The summed E-state index contributed by atoms with van der Waals surface area (Å²) < 4.78 is 26.6. The number of nitrogens with zero attached hydrogens (tertiary/aromatic N) is 1. The molecule has 1 saturated heterocycles. The van der Waals surface area contributed by atoms with Crippen molar-refractivity contribution in [2.75, 3.05) is 19.6 Å². The van der Waals surface area contributed by atoms with Gasteiger partial charge in [0.05, 0.1) is 5.56 Å². The number of benzene rings is 1. The summed E-state index contributed by atoms with van der Waals surface area (Å²) in [5.41, 5.74) is 5.32. The molecule has 0 spiro atoms. The Bertz CT molecular complexity index is 587. The second kappa shape index (κ2) is 7.50. The molecule has 2 rings (SSSR count). The minimum atomic E-state index is -0.869. The number of hydrogen-bond donors (Lipinski definition) is 2. The molecule has 1 aromatic rings. The molecule has 3 N–H and O–H groups in total. The van der Waals surface area contributed by atoms with Crippen LogP contribution < -0.4 is 11.1 Å². The van der Waals surface area contributed by atoms with Crippen LogP contribution >= 0.6 is 0 Å². The number of amides is 2. The molecule has 2 amide bonds. The molecular weight excluding hydrogens is 304 g/mol. The highest BCUT2D eigenvalue weighted by atomic mass is 19.1. The van der Waals surface area contributed by atoms with Crippen molar-refractivity contribution in [1.82, 2.24) is 10.2 Å². The van der Waals surface area contributed by atoms with Crippen molar-refractivity contribution >= 4 is 11.8 Å². The van der Waals surface area contributed by atoms with E-state index in [1.165, 1.54) is 4.90 Å². The molecule has 126 valence electrons. The summed E-state index contributed by atoms with van der Waals surface area (Å²) in [6, 6.07) is 2.82. The highest BCUT2D eigenvalue weighted by Gasteiger charge is 2.29. The molecule has 0 saturated carbocycles. The summed E-state index contributed by atoms with van der Waals surface area (Å²) in [6.07, 6.45) is 1.02. The van der Waals surface area contributed by atoms with Crippen molar-refractivity contribution in [3.05, 3.63) is 35.4 Å². The van der Waals surface area contributed by atoms with Crippen molar-refractivity contribution in [2.24, 2.45) is 11.7 Å². The lowest BCUT2D eigenvalue weighted by Gasteiger charge is -2.32. The average Bonchev–Trinajstić information content (AvgIpc) is 2.54. The highest BCUT2D eigenvalue weighted by Crippen LogP contribution is 2.20. The van der Waals surface area contributed by atoms with Gasteiger partial charge < -0.3 is 16.0 Å². The van der Waals surface area contributed by atoms with Crippen LogP contribution in [0.4, 0.5) is 8.78 Å². The molecule has 0 unspecified atom stereocenters. The maximum Gasteiger partial charge on any atom is 0.256 e. The Labute approximate surface area is 133 Å². The third kappa shape index (κ3) is 4.25. The predicted octanol–water partition coefficient (Wildman–Crippen LogP) is 1.28. The van der Waals surface area contributed by atoms with Gasteiger partial charge in [0.25, 0.3) is 5.91 Å². The Morgan fingerprint density at radius 3 is 2.57 bits per heavy atom. The van der Waals surface area contributed by atoms with Crippen LogP contribution in [0, 0.1) is 17.6 Å². The van der Waals surface area contributed by atoms with Gasteiger partial charge in [0.15, 0.2) is 0 Å². The topological polar surface area (TPSA) is 75.4 Å². The Hall–Kier alpha value is -2.02. The molecule has 7 heteroatoms. The van der Waals surface area contributed by atoms with Crippen LogP contribution in [0.1, 0.15) is 30.1 Å². The first kappa shape index (κ1) is 17.3. The summed E-state index contributed by atoms with van der Waals surface area (Å²) in [7, 11) is 0. The van der Waals surface area contributed by atoms with Gasteiger partial charge in [-0.1, -0.05) is 0 Å². The van der Waals surface area contributed by atoms with Gasteiger partial charge in [0.2, 0.25) is 5.91 Å². The number of carbonyl (C=O) groups excluding carboxylic acids is 2. The minimum absolute atomic E-state index is 0.0667. The number of hydrogen-bond acceptors (Lipinski definition) is 3. The van der Waals surface area contributed by atoms with Crippen LogP contribution in [0.3, 0.4) is 0 Å². The number of nitrogens with one attached hydrogen (secondary N) is 1. The van der Waals surface area contributed by atoms with Gasteiger partial charge in [0, 0.05) is 37.7 Å². The third-order valence-corrected chi connectivity index (χ3v) is 4.06. The van der Waals surface area contributed by atoms with Gasteiger partial charge in [-0.3, -0.25) is 9.59 Å². The smallest absolute Gasteiger partial charge is 0.256 e. The van der Waals surface area contributed by atoms with Crippen molar-refractivity contribution < 1.29 is 18.4 Å². The molecule has 1 aliphatic heterocycles.